The summed E-state index contributed by atoms with van der Waals surface area (Å²) in [6, 6.07) is 1.33. The largest absolute Gasteiger partial charge is 0.394 e. The van der Waals surface area contributed by atoms with E-state index in [-0.39, 0.29) is 23.4 Å². The molecule has 4 N–H and O–H groups in total. The molecule has 134 valence electrons. The van der Waals surface area contributed by atoms with Crippen LogP contribution in [0.2, 0.25) is 0 Å². The molecule has 10 nitrogen and oxygen atoms in total. The minimum absolute atomic E-state index is 0.0145. The molecule has 1 aliphatic rings. The summed E-state index contributed by atoms with van der Waals surface area (Å²) in [7, 11) is -4.11. The molecule has 0 saturated carbocycles. The van der Waals surface area contributed by atoms with E-state index in [1.807, 2.05) is 0 Å². The van der Waals surface area contributed by atoms with Gasteiger partial charge in [0.25, 0.3) is 5.69 Å². The number of rotatable bonds is 6. The van der Waals surface area contributed by atoms with Crippen molar-refractivity contribution in [2.45, 2.75) is 17.0 Å². The molecule has 1 aliphatic heterocycles. The summed E-state index contributed by atoms with van der Waals surface area (Å²) in [4.78, 5) is 10.1. The Bertz CT molecular complexity index is 722. The van der Waals surface area contributed by atoms with Crippen LogP contribution in [0, 0.1) is 10.1 Å². The topological polar surface area (TPSA) is 154 Å². The first kappa shape index (κ1) is 19.0. The standard InChI is InChI=1S/C12H16BrN3O7S/c13-8-3-7(24(14,20)21)4-10(16(18)19)12(8)15-9(5-17)11-6-22-1-2-23-11/h3-4,9,11,15,17H,1-2,5-6H2,(H2,14,20,21). The fraction of sp³-hybridized carbons (Fsp3) is 0.500. The van der Waals surface area contributed by atoms with Gasteiger partial charge in [-0.25, -0.2) is 13.6 Å². The van der Waals surface area contributed by atoms with Crippen LogP contribution in [0.1, 0.15) is 0 Å². The van der Waals surface area contributed by atoms with Gasteiger partial charge in [-0.2, -0.15) is 0 Å². The lowest BCUT2D eigenvalue weighted by atomic mass is 10.1. The average Bonchev–Trinajstić information content (AvgIpc) is 2.53. The van der Waals surface area contributed by atoms with Crippen molar-refractivity contribution < 1.29 is 27.9 Å². The van der Waals surface area contributed by atoms with Crippen molar-refractivity contribution in [3.8, 4) is 0 Å². The Hall–Kier alpha value is -1.31. The van der Waals surface area contributed by atoms with Gasteiger partial charge in [-0.3, -0.25) is 10.1 Å². The van der Waals surface area contributed by atoms with E-state index < -0.39 is 37.7 Å². The summed E-state index contributed by atoms with van der Waals surface area (Å²) >= 11 is 3.10. The third kappa shape index (κ3) is 4.40. The highest BCUT2D eigenvalue weighted by Crippen LogP contribution is 2.36. The lowest BCUT2D eigenvalue weighted by Gasteiger charge is -2.30. The summed E-state index contributed by atoms with van der Waals surface area (Å²) < 4.78 is 33.7. The first-order chi connectivity index (χ1) is 11.2. The second kappa shape index (κ2) is 7.72. The fourth-order valence-electron chi connectivity index (χ4n) is 2.20. The highest BCUT2D eigenvalue weighted by atomic mass is 79.9. The van der Waals surface area contributed by atoms with Crippen molar-refractivity contribution in [1.82, 2.24) is 0 Å². The molecule has 2 rings (SSSR count). The van der Waals surface area contributed by atoms with E-state index in [4.69, 9.17) is 14.6 Å². The molecule has 0 amide bonds. The van der Waals surface area contributed by atoms with E-state index in [9.17, 15) is 23.6 Å². The second-order valence-corrected chi connectivity index (χ2v) is 7.43. The van der Waals surface area contributed by atoms with Gasteiger partial charge in [0.2, 0.25) is 10.0 Å². The summed E-state index contributed by atoms with van der Waals surface area (Å²) in [5.41, 5.74) is -0.482. The maximum atomic E-state index is 11.4. The van der Waals surface area contributed by atoms with Crippen molar-refractivity contribution in [3.05, 3.63) is 26.7 Å². The van der Waals surface area contributed by atoms with Crippen molar-refractivity contribution >= 4 is 37.3 Å². The van der Waals surface area contributed by atoms with Gasteiger partial charge in [-0.15, -0.1) is 0 Å². The molecule has 12 heteroatoms. The number of nitrogens with zero attached hydrogens (tertiary/aromatic N) is 1. The zero-order valence-electron chi connectivity index (χ0n) is 12.3. The van der Waals surface area contributed by atoms with Crippen LogP contribution in [-0.4, -0.2) is 57.0 Å². The average molecular weight is 426 g/mol. The number of primary sulfonamides is 1. The quantitative estimate of drug-likeness (QED) is 0.430. The van der Waals surface area contributed by atoms with E-state index in [2.05, 4.69) is 21.2 Å². The van der Waals surface area contributed by atoms with Gasteiger partial charge in [-0.05, 0) is 22.0 Å². The Labute approximate surface area is 146 Å². The maximum Gasteiger partial charge on any atom is 0.294 e. The molecule has 1 fully saturated rings. The monoisotopic (exact) mass is 425 g/mol. The van der Waals surface area contributed by atoms with E-state index in [0.717, 1.165) is 12.1 Å². The Balaban J connectivity index is 2.39. The number of nitro groups is 1. The number of anilines is 1. The van der Waals surface area contributed by atoms with Crippen LogP contribution in [0.4, 0.5) is 11.4 Å². The van der Waals surface area contributed by atoms with Gasteiger partial charge in [0, 0.05) is 10.5 Å². The van der Waals surface area contributed by atoms with Crippen LogP contribution in [0.5, 0.6) is 0 Å². The molecule has 1 saturated heterocycles. The number of benzene rings is 1. The number of nitro benzene ring substituents is 1. The summed E-state index contributed by atoms with van der Waals surface area (Å²) in [5, 5.41) is 28.7. The van der Waals surface area contributed by atoms with Gasteiger partial charge < -0.3 is 19.9 Å². The van der Waals surface area contributed by atoms with E-state index in [1.165, 1.54) is 0 Å². The molecule has 0 aliphatic carbocycles. The number of aliphatic hydroxyl groups is 1. The highest BCUT2D eigenvalue weighted by Gasteiger charge is 2.29. The minimum Gasteiger partial charge on any atom is -0.394 e. The smallest absolute Gasteiger partial charge is 0.294 e. The van der Waals surface area contributed by atoms with Crippen molar-refractivity contribution in [2.75, 3.05) is 31.7 Å². The summed E-state index contributed by atoms with van der Waals surface area (Å²) in [6.07, 6.45) is -0.506. The van der Waals surface area contributed by atoms with Crippen LogP contribution in [0.15, 0.2) is 21.5 Å². The van der Waals surface area contributed by atoms with E-state index >= 15 is 0 Å². The van der Waals surface area contributed by atoms with Gasteiger partial charge in [0.05, 0.1) is 42.3 Å². The molecule has 2 atom stereocenters. The van der Waals surface area contributed by atoms with Gasteiger partial charge in [0.1, 0.15) is 11.8 Å². The first-order valence-corrected chi connectivity index (χ1v) is 9.15. The van der Waals surface area contributed by atoms with Crippen LogP contribution in [0.25, 0.3) is 0 Å². The molecule has 0 bridgehead atoms. The molecule has 2 unspecified atom stereocenters. The lowest BCUT2D eigenvalue weighted by Crippen LogP contribution is -2.45. The van der Waals surface area contributed by atoms with Crippen LogP contribution in [-0.2, 0) is 19.5 Å². The van der Waals surface area contributed by atoms with Gasteiger partial charge in [0.15, 0.2) is 0 Å². The number of aliphatic hydroxyl groups excluding tert-OH is 1. The third-order valence-electron chi connectivity index (χ3n) is 3.39. The number of hydrogen-bond acceptors (Lipinski definition) is 8. The Morgan fingerprint density at radius 3 is 2.71 bits per heavy atom. The molecule has 1 heterocycles. The molecule has 24 heavy (non-hydrogen) atoms. The van der Waals surface area contributed by atoms with Crippen molar-refractivity contribution in [2.24, 2.45) is 5.14 Å². The molecule has 0 radical (unpaired) electrons. The number of nitrogens with one attached hydrogen (secondary N) is 1. The normalized spacial score (nSPS) is 19.7. The molecule has 1 aromatic rings. The zero-order valence-corrected chi connectivity index (χ0v) is 14.7. The van der Waals surface area contributed by atoms with Crippen LogP contribution < -0.4 is 10.5 Å². The molecule has 0 spiro atoms. The second-order valence-electron chi connectivity index (χ2n) is 5.02. The number of ether oxygens (including phenoxy) is 2. The molecule has 0 aromatic heterocycles. The van der Waals surface area contributed by atoms with E-state index in [1.54, 1.807) is 0 Å². The van der Waals surface area contributed by atoms with E-state index in [0.29, 0.717) is 13.2 Å². The highest BCUT2D eigenvalue weighted by molar-refractivity contribution is 9.10. The van der Waals surface area contributed by atoms with Crippen molar-refractivity contribution in [3.63, 3.8) is 0 Å². The van der Waals surface area contributed by atoms with Crippen molar-refractivity contribution in [1.29, 1.82) is 0 Å². The molecule has 1 aromatic carbocycles. The van der Waals surface area contributed by atoms with Crippen LogP contribution in [0.3, 0.4) is 0 Å². The summed E-state index contributed by atoms with van der Waals surface area (Å²) in [5.74, 6) is 0. The zero-order chi connectivity index (χ0) is 17.9. The number of nitrogens with two attached hydrogens (primary N) is 1. The fourth-order valence-corrected chi connectivity index (χ4v) is 3.47. The first-order valence-electron chi connectivity index (χ1n) is 6.81. The Kier molecular flexibility index (Phi) is 6.11. The predicted octanol–water partition coefficient (Wildman–Crippen LogP) is 0.193. The maximum absolute atomic E-state index is 11.4. The number of hydrogen-bond donors (Lipinski definition) is 3. The predicted molar refractivity (Wildman–Crippen MR) is 87.2 cm³/mol. The SMILES string of the molecule is NS(=O)(=O)c1cc(Br)c(NC(CO)C2COCCO2)c([N+](=O)[O-])c1. The summed E-state index contributed by atoms with van der Waals surface area (Å²) in [6.45, 7) is 0.630. The molecular weight excluding hydrogens is 410 g/mol. The Morgan fingerprint density at radius 1 is 1.50 bits per heavy atom. The van der Waals surface area contributed by atoms with Gasteiger partial charge >= 0.3 is 0 Å². The van der Waals surface area contributed by atoms with Crippen LogP contribution >= 0.6 is 15.9 Å². The third-order valence-corrected chi connectivity index (χ3v) is 4.90. The lowest BCUT2D eigenvalue weighted by molar-refractivity contribution is -0.384. The minimum atomic E-state index is -4.11. The van der Waals surface area contributed by atoms with Gasteiger partial charge in [-0.1, -0.05) is 0 Å². The molecular formula is C12H16BrN3O7S. The number of halogens is 1. The number of sulfonamides is 1. The Morgan fingerprint density at radius 2 is 2.21 bits per heavy atom.